The van der Waals surface area contributed by atoms with Crippen molar-refractivity contribution in [1.29, 1.82) is 0 Å². The van der Waals surface area contributed by atoms with Crippen molar-refractivity contribution in [2.45, 2.75) is 136 Å². The number of fused-ring (bicyclic) bond motifs is 5. The van der Waals surface area contributed by atoms with Crippen molar-refractivity contribution in [3.8, 4) is 22.6 Å². The van der Waals surface area contributed by atoms with E-state index in [1.807, 2.05) is 0 Å². The number of carbonyl (C=O) groups is 8. The van der Waals surface area contributed by atoms with Crippen LogP contribution in [0.2, 0.25) is 0 Å². The molecule has 0 radical (unpaired) electrons. The Kier molecular flexibility index (Phi) is 20.0. The number of nitrogens with one attached hydrogen (secondary N) is 6. The number of carbonyl (C=O) groups excluding carboxylic acids is 7. The highest BCUT2D eigenvalue weighted by molar-refractivity contribution is 5.96. The molecule has 1 aliphatic rings. The van der Waals surface area contributed by atoms with Gasteiger partial charge in [0.25, 0.3) is 0 Å². The summed E-state index contributed by atoms with van der Waals surface area (Å²) in [5.74, 6) is -4.04. The van der Waals surface area contributed by atoms with Crippen molar-refractivity contribution >= 4 is 47.9 Å². The van der Waals surface area contributed by atoms with Gasteiger partial charge in [-0.15, -0.1) is 0 Å². The Hall–Kier alpha value is -6.84. The highest BCUT2D eigenvalue weighted by Gasteiger charge is 2.35. The number of carboxylic acid groups (broad SMARTS) is 1. The molecule has 1 aliphatic heterocycles. The summed E-state index contributed by atoms with van der Waals surface area (Å²) in [6.45, 7) is 17.8. The highest BCUT2D eigenvalue weighted by atomic mass is 16.6. The standard InChI is InChI=1S/C47H70N8O14/c1-26-37(56)54-33(38(57)53-27(2)41(60)61)24-28-13-15-34(65-21-19-50-43(63)68-46(6,7)8)30(23-28)31-25-29(14-16-35(31)66-22-20-51-44(64)69-47(9,10)11)36(39(58)52-26)55(12)40(59)32(48)17-18-49-42(62)67-45(3,4)5/h13-16,23,25-27,32-33,36H,17-22,24,48H2,1-12H3,(H,49,62)(H,50,63)(H,51,64)(H,52,58)(H,53,57)(H,54,56)(H,60,61)/t26-,27-,32-,33-,36-/m0/s1. The second-order valence-electron chi connectivity index (χ2n) is 19.4. The zero-order valence-corrected chi connectivity index (χ0v) is 41.6. The first-order chi connectivity index (χ1) is 31.9. The molecule has 0 aromatic heterocycles. The van der Waals surface area contributed by atoms with Gasteiger partial charge in [0.1, 0.15) is 65.7 Å². The molecule has 1 heterocycles. The van der Waals surface area contributed by atoms with Crippen LogP contribution >= 0.6 is 0 Å². The molecular weight excluding hydrogens is 901 g/mol. The average molecular weight is 971 g/mol. The van der Waals surface area contributed by atoms with E-state index in [0.717, 1.165) is 4.90 Å². The van der Waals surface area contributed by atoms with E-state index in [9.17, 15) is 43.5 Å². The maximum absolute atomic E-state index is 14.5. The van der Waals surface area contributed by atoms with E-state index >= 15 is 0 Å². The van der Waals surface area contributed by atoms with Crippen LogP contribution in [0, 0.1) is 0 Å². The Balaban J connectivity index is 2.22. The normalized spacial score (nSPS) is 17.2. The molecule has 0 saturated heterocycles. The van der Waals surface area contributed by atoms with Crippen LogP contribution in [0.5, 0.6) is 11.5 Å². The number of likely N-dealkylation sites (N-methyl/N-ethyl adjacent to an activating group) is 1. The molecule has 382 valence electrons. The number of ether oxygens (including phenoxy) is 5. The molecule has 22 nitrogen and oxygen atoms in total. The lowest BCUT2D eigenvalue weighted by atomic mass is 9.93. The van der Waals surface area contributed by atoms with Crippen molar-refractivity contribution in [2.75, 3.05) is 39.9 Å². The van der Waals surface area contributed by atoms with Gasteiger partial charge in [-0.1, -0.05) is 12.1 Å². The van der Waals surface area contributed by atoms with Crippen LogP contribution in [0.1, 0.15) is 99.8 Å². The van der Waals surface area contributed by atoms with E-state index in [2.05, 4.69) is 31.9 Å². The molecular formula is C47H70N8O14. The third-order valence-electron chi connectivity index (χ3n) is 9.69. The number of nitrogens with two attached hydrogens (primary N) is 1. The Morgan fingerprint density at radius 2 is 1.22 bits per heavy atom. The van der Waals surface area contributed by atoms with E-state index in [0.29, 0.717) is 16.7 Å². The van der Waals surface area contributed by atoms with E-state index in [-0.39, 0.29) is 62.8 Å². The second-order valence-corrected chi connectivity index (χ2v) is 19.4. The van der Waals surface area contributed by atoms with Crippen LogP contribution in [0.25, 0.3) is 11.1 Å². The summed E-state index contributed by atoms with van der Waals surface area (Å²) in [4.78, 5) is 106. The minimum Gasteiger partial charge on any atom is -0.491 e. The maximum Gasteiger partial charge on any atom is 0.407 e. The molecule has 4 bridgehead atoms. The Morgan fingerprint density at radius 1 is 0.739 bits per heavy atom. The fourth-order valence-corrected chi connectivity index (χ4v) is 6.53. The van der Waals surface area contributed by atoms with Crippen molar-refractivity contribution in [1.82, 2.24) is 36.8 Å². The van der Waals surface area contributed by atoms with Crippen LogP contribution in [0.4, 0.5) is 14.4 Å². The van der Waals surface area contributed by atoms with E-state index in [4.69, 9.17) is 29.4 Å². The minimum absolute atomic E-state index is 0.00191. The van der Waals surface area contributed by atoms with Gasteiger partial charge in [-0.25, -0.2) is 14.4 Å². The zero-order chi connectivity index (χ0) is 52.0. The molecule has 69 heavy (non-hydrogen) atoms. The van der Waals surface area contributed by atoms with Crippen molar-refractivity contribution in [2.24, 2.45) is 5.73 Å². The number of aliphatic carboxylic acids is 1. The van der Waals surface area contributed by atoms with Gasteiger partial charge < -0.3 is 71.3 Å². The number of hydrogen-bond donors (Lipinski definition) is 8. The first-order valence-electron chi connectivity index (χ1n) is 22.5. The van der Waals surface area contributed by atoms with E-state index in [1.54, 1.807) is 98.7 Å². The average Bonchev–Trinajstić information content (AvgIpc) is 3.21. The van der Waals surface area contributed by atoms with Gasteiger partial charge in [0.05, 0.1) is 19.1 Å². The first-order valence-corrected chi connectivity index (χ1v) is 22.5. The fourth-order valence-electron chi connectivity index (χ4n) is 6.53. The molecule has 0 spiro atoms. The third kappa shape index (κ3) is 19.0. The molecule has 0 aliphatic carbocycles. The second kappa shape index (κ2) is 24.4. The van der Waals surface area contributed by atoms with Gasteiger partial charge >= 0.3 is 24.2 Å². The number of amides is 7. The predicted octanol–water partition coefficient (Wildman–Crippen LogP) is 3.04. The smallest absolute Gasteiger partial charge is 0.407 e. The van der Waals surface area contributed by atoms with Crippen molar-refractivity contribution in [3.63, 3.8) is 0 Å². The lowest BCUT2D eigenvalue weighted by Gasteiger charge is -2.32. The van der Waals surface area contributed by atoms with Crippen LogP contribution in [0.3, 0.4) is 0 Å². The number of carboxylic acids is 1. The van der Waals surface area contributed by atoms with Gasteiger partial charge in [-0.05, 0) is 118 Å². The maximum atomic E-state index is 14.5. The van der Waals surface area contributed by atoms with Crippen molar-refractivity contribution in [3.05, 3.63) is 47.5 Å². The molecule has 22 heteroatoms. The Labute approximate surface area is 402 Å². The molecule has 0 saturated carbocycles. The van der Waals surface area contributed by atoms with Gasteiger partial charge in [-0.2, -0.15) is 0 Å². The van der Waals surface area contributed by atoms with E-state index < -0.39 is 94.9 Å². The van der Waals surface area contributed by atoms with Crippen LogP contribution in [-0.4, -0.2) is 139 Å². The summed E-state index contributed by atoms with van der Waals surface area (Å²) in [7, 11) is 1.35. The summed E-state index contributed by atoms with van der Waals surface area (Å²) in [6.07, 6.45) is -2.29. The zero-order valence-electron chi connectivity index (χ0n) is 41.6. The number of benzene rings is 2. The number of hydrogen-bond acceptors (Lipinski definition) is 14. The summed E-state index contributed by atoms with van der Waals surface area (Å²) in [5, 5.41) is 25.1. The quantitative estimate of drug-likeness (QED) is 0.0886. The first kappa shape index (κ1) is 56.5. The monoisotopic (exact) mass is 971 g/mol. The topological polar surface area (TPSA) is 304 Å². The van der Waals surface area contributed by atoms with Gasteiger partial charge in [-0.3, -0.25) is 24.0 Å². The lowest BCUT2D eigenvalue weighted by molar-refractivity contribution is -0.142. The Bertz CT molecular complexity index is 2180. The lowest BCUT2D eigenvalue weighted by Crippen LogP contribution is -2.56. The van der Waals surface area contributed by atoms with Crippen molar-refractivity contribution < 1.29 is 67.1 Å². The summed E-state index contributed by atoms with van der Waals surface area (Å²) in [5.41, 5.74) is 5.40. The van der Waals surface area contributed by atoms with Gasteiger partial charge in [0, 0.05) is 31.1 Å². The molecule has 2 aromatic carbocycles. The highest BCUT2D eigenvalue weighted by Crippen LogP contribution is 2.40. The molecule has 7 amide bonds. The Morgan fingerprint density at radius 3 is 1.71 bits per heavy atom. The largest absolute Gasteiger partial charge is 0.491 e. The molecule has 5 atom stereocenters. The summed E-state index contributed by atoms with van der Waals surface area (Å²) in [6, 6.07) is 2.85. The molecule has 9 N–H and O–H groups in total. The number of rotatable bonds is 16. The molecule has 3 rings (SSSR count). The third-order valence-corrected chi connectivity index (χ3v) is 9.69. The SMILES string of the molecule is C[C@H](NC(=O)[C@@H]1Cc2ccc(OCCNC(=O)OC(C)(C)C)c(c2)-c2cc(ccc2OCCNC(=O)OC(C)(C)C)[C@H](N(C)C(=O)[C@@H](N)CCNC(=O)OC(C)(C)C)C(=O)N[C@@H](C)C(=O)N1)C(=O)O. The fraction of sp³-hybridized carbons (Fsp3) is 0.574. The molecule has 0 unspecified atom stereocenters. The predicted molar refractivity (Wildman–Crippen MR) is 252 cm³/mol. The van der Waals surface area contributed by atoms with Gasteiger partial charge in [0.15, 0.2) is 0 Å². The summed E-state index contributed by atoms with van der Waals surface area (Å²) < 4.78 is 28.5. The molecule has 0 fully saturated rings. The number of nitrogens with zero attached hydrogens (tertiary/aromatic N) is 1. The van der Waals surface area contributed by atoms with Gasteiger partial charge in [0.2, 0.25) is 23.6 Å². The molecule has 2 aromatic rings. The summed E-state index contributed by atoms with van der Waals surface area (Å²) >= 11 is 0. The van der Waals surface area contributed by atoms with Crippen LogP contribution in [-0.2, 0) is 44.6 Å². The van der Waals surface area contributed by atoms with Crippen LogP contribution in [0.15, 0.2) is 36.4 Å². The van der Waals surface area contributed by atoms with E-state index in [1.165, 1.54) is 20.9 Å². The number of alkyl carbamates (subject to hydrolysis) is 3. The minimum atomic E-state index is -1.47. The van der Waals surface area contributed by atoms with Crippen LogP contribution < -0.4 is 47.1 Å².